The van der Waals surface area contributed by atoms with Crippen LogP contribution in [0.4, 0.5) is 4.39 Å². The average Bonchev–Trinajstić information content (AvgIpc) is 3.32. The van der Waals surface area contributed by atoms with E-state index in [-0.39, 0.29) is 11.7 Å². The Kier molecular flexibility index (Phi) is 7.26. The molecule has 1 aromatic carbocycles. The molecule has 3 aliphatic rings. The molecule has 3 aliphatic heterocycles. The Morgan fingerprint density at radius 3 is 2.46 bits per heavy atom. The van der Waals surface area contributed by atoms with E-state index in [1.54, 1.807) is 11.6 Å². The van der Waals surface area contributed by atoms with E-state index in [0.29, 0.717) is 12.5 Å². The fourth-order valence-corrected chi connectivity index (χ4v) is 5.20. The van der Waals surface area contributed by atoms with Crippen LogP contribution in [0.5, 0.6) is 5.75 Å². The van der Waals surface area contributed by atoms with E-state index in [4.69, 9.17) is 4.74 Å². The van der Waals surface area contributed by atoms with Gasteiger partial charge in [-0.15, -0.1) is 10.2 Å². The maximum absolute atomic E-state index is 13.1. The average molecular weight is 484 g/mol. The molecule has 35 heavy (non-hydrogen) atoms. The van der Waals surface area contributed by atoms with Gasteiger partial charge in [-0.05, 0) is 36.5 Å². The molecule has 9 nitrogen and oxygen atoms in total. The predicted octanol–water partition coefficient (Wildman–Crippen LogP) is 2.28. The second-order valence-electron chi connectivity index (χ2n) is 9.52. The van der Waals surface area contributed by atoms with Gasteiger partial charge in [0.15, 0.2) is 18.3 Å². The minimum absolute atomic E-state index is 0.159. The Morgan fingerprint density at radius 2 is 1.77 bits per heavy atom. The van der Waals surface area contributed by atoms with E-state index < -0.39 is 6.67 Å². The van der Waals surface area contributed by atoms with E-state index in [9.17, 15) is 9.18 Å². The molecule has 0 bridgehead atoms. The van der Waals surface area contributed by atoms with Gasteiger partial charge in [0.1, 0.15) is 18.2 Å². The summed E-state index contributed by atoms with van der Waals surface area (Å²) in [5.41, 5.74) is 1.35. The van der Waals surface area contributed by atoms with Crippen LogP contribution in [0, 0.1) is 0 Å². The smallest absolute Gasteiger partial charge is 0.219 e. The zero-order valence-corrected chi connectivity index (χ0v) is 20.4. The molecular weight excluding hydrogens is 449 g/mol. The fourth-order valence-electron chi connectivity index (χ4n) is 5.20. The molecule has 0 radical (unpaired) electrons. The van der Waals surface area contributed by atoms with Crippen LogP contribution >= 0.6 is 0 Å². The van der Waals surface area contributed by atoms with E-state index in [0.717, 1.165) is 88.9 Å². The molecule has 0 spiro atoms. The number of hydrogen-bond donors (Lipinski definition) is 0. The number of aromatic nitrogens is 3. The topological polar surface area (TPSA) is 79.1 Å². The summed E-state index contributed by atoms with van der Waals surface area (Å²) in [6.07, 6.45) is 3.71. The van der Waals surface area contributed by atoms with E-state index in [1.807, 2.05) is 4.90 Å². The Balaban J connectivity index is 1.07. The number of rotatable bonds is 6. The van der Waals surface area contributed by atoms with Crippen LogP contribution in [0.15, 0.2) is 29.4 Å². The Morgan fingerprint density at radius 1 is 1.03 bits per heavy atom. The van der Waals surface area contributed by atoms with Crippen molar-refractivity contribution in [3.8, 4) is 5.75 Å². The van der Waals surface area contributed by atoms with Crippen molar-refractivity contribution in [2.45, 2.75) is 45.2 Å². The van der Waals surface area contributed by atoms with Crippen LogP contribution in [0.1, 0.15) is 49.3 Å². The SMILES string of the molecule is CC(=O)N1CCN(CCOc2ccc(C3CCN(C4=Nn5c(CF)nnc5CC4)CC3)cc2)CC1. The van der Waals surface area contributed by atoms with E-state index in [1.165, 1.54) is 5.56 Å². The number of amides is 1. The van der Waals surface area contributed by atoms with Crippen LogP contribution in [-0.4, -0.2) is 93.7 Å². The number of carbonyl (C=O) groups is 1. The monoisotopic (exact) mass is 483 g/mol. The highest BCUT2D eigenvalue weighted by Gasteiger charge is 2.26. The third kappa shape index (κ3) is 5.47. The first-order valence-electron chi connectivity index (χ1n) is 12.6. The zero-order valence-electron chi connectivity index (χ0n) is 20.4. The summed E-state index contributed by atoms with van der Waals surface area (Å²) in [6, 6.07) is 8.53. The van der Waals surface area contributed by atoms with Gasteiger partial charge in [0, 0.05) is 65.6 Å². The van der Waals surface area contributed by atoms with Crippen molar-refractivity contribution in [2.75, 3.05) is 52.4 Å². The molecule has 0 unspecified atom stereocenters. The molecule has 5 rings (SSSR count). The van der Waals surface area contributed by atoms with Gasteiger partial charge in [-0.25, -0.2) is 4.39 Å². The minimum atomic E-state index is -0.649. The maximum atomic E-state index is 13.1. The van der Waals surface area contributed by atoms with Gasteiger partial charge in [-0.1, -0.05) is 12.1 Å². The van der Waals surface area contributed by atoms with Crippen molar-refractivity contribution in [1.82, 2.24) is 29.6 Å². The van der Waals surface area contributed by atoms with Gasteiger partial charge in [-0.3, -0.25) is 9.69 Å². The lowest BCUT2D eigenvalue weighted by atomic mass is 9.89. The highest BCUT2D eigenvalue weighted by molar-refractivity contribution is 5.83. The van der Waals surface area contributed by atoms with Gasteiger partial charge in [0.2, 0.25) is 5.91 Å². The summed E-state index contributed by atoms with van der Waals surface area (Å²) in [6.45, 7) is 7.82. The normalized spacial score (nSPS) is 19.4. The third-order valence-corrected chi connectivity index (χ3v) is 7.38. The Labute approximate surface area is 205 Å². The van der Waals surface area contributed by atoms with Gasteiger partial charge >= 0.3 is 0 Å². The summed E-state index contributed by atoms with van der Waals surface area (Å²) in [7, 11) is 0. The van der Waals surface area contributed by atoms with Gasteiger partial charge in [-0.2, -0.15) is 9.78 Å². The molecular formula is C25H34FN7O2. The lowest BCUT2D eigenvalue weighted by Gasteiger charge is -2.35. The highest BCUT2D eigenvalue weighted by Crippen LogP contribution is 2.30. The molecule has 10 heteroatoms. The molecule has 0 atom stereocenters. The molecule has 1 amide bonds. The molecule has 2 fully saturated rings. The summed E-state index contributed by atoms with van der Waals surface area (Å²) >= 11 is 0. The van der Waals surface area contributed by atoms with Crippen LogP contribution in [0.2, 0.25) is 0 Å². The Bertz CT molecular complexity index is 1040. The van der Waals surface area contributed by atoms with E-state index >= 15 is 0 Å². The second-order valence-corrected chi connectivity index (χ2v) is 9.52. The molecule has 0 N–H and O–H groups in total. The lowest BCUT2D eigenvalue weighted by molar-refractivity contribution is -0.130. The largest absolute Gasteiger partial charge is 0.492 e. The molecule has 1 aromatic heterocycles. The number of aryl methyl sites for hydroxylation is 1. The molecule has 2 aromatic rings. The molecule has 2 saturated heterocycles. The number of halogens is 1. The number of benzene rings is 1. The second kappa shape index (κ2) is 10.7. The van der Waals surface area contributed by atoms with Crippen LogP contribution < -0.4 is 4.74 Å². The van der Waals surface area contributed by atoms with E-state index in [2.05, 4.69) is 49.4 Å². The summed E-state index contributed by atoms with van der Waals surface area (Å²) in [5, 5.41) is 12.6. The number of nitrogens with zero attached hydrogens (tertiary/aromatic N) is 7. The number of piperidine rings is 1. The quantitative estimate of drug-likeness (QED) is 0.627. The number of fused-ring (bicyclic) bond motifs is 1. The number of piperazine rings is 1. The maximum Gasteiger partial charge on any atom is 0.219 e. The lowest BCUT2D eigenvalue weighted by Crippen LogP contribution is -2.48. The van der Waals surface area contributed by atoms with Crippen LogP contribution in [0.25, 0.3) is 0 Å². The molecule has 4 heterocycles. The van der Waals surface area contributed by atoms with Crippen molar-refractivity contribution < 1.29 is 13.9 Å². The van der Waals surface area contributed by atoms with Gasteiger partial charge in [0.25, 0.3) is 0 Å². The minimum Gasteiger partial charge on any atom is -0.492 e. The summed E-state index contributed by atoms with van der Waals surface area (Å²) in [4.78, 5) is 18.0. The number of ether oxygens (including phenoxy) is 1. The highest BCUT2D eigenvalue weighted by atomic mass is 19.1. The standard InChI is InChI=1S/C25H34FN7O2/c1-19(34)31-14-12-30(13-15-31)16-17-35-22-4-2-20(3-5-22)21-8-10-32(11-9-21)24-7-6-23-27-28-25(18-26)33(23)29-24/h2-5,21H,6-18H2,1H3. The van der Waals surface area contributed by atoms with Crippen molar-refractivity contribution in [1.29, 1.82) is 0 Å². The summed E-state index contributed by atoms with van der Waals surface area (Å²) < 4.78 is 20.7. The summed E-state index contributed by atoms with van der Waals surface area (Å²) in [5.74, 6) is 3.62. The van der Waals surface area contributed by atoms with Gasteiger partial charge < -0.3 is 14.5 Å². The van der Waals surface area contributed by atoms with Crippen LogP contribution in [-0.2, 0) is 17.9 Å². The van der Waals surface area contributed by atoms with Crippen molar-refractivity contribution in [2.24, 2.45) is 5.10 Å². The number of amidine groups is 1. The number of carbonyl (C=O) groups excluding carboxylic acids is 1. The number of alkyl halides is 1. The van der Waals surface area contributed by atoms with Crippen molar-refractivity contribution >= 4 is 11.7 Å². The zero-order chi connectivity index (χ0) is 24.2. The van der Waals surface area contributed by atoms with Gasteiger partial charge in [0.05, 0.1) is 0 Å². The molecule has 0 saturated carbocycles. The number of hydrogen-bond acceptors (Lipinski definition) is 7. The first kappa shape index (κ1) is 23.7. The van der Waals surface area contributed by atoms with Crippen molar-refractivity contribution in [3.63, 3.8) is 0 Å². The number of likely N-dealkylation sites (tertiary alicyclic amines) is 1. The fraction of sp³-hybridized carbons (Fsp3) is 0.600. The molecule has 188 valence electrons. The first-order valence-corrected chi connectivity index (χ1v) is 12.6. The van der Waals surface area contributed by atoms with Crippen LogP contribution in [0.3, 0.4) is 0 Å². The Hall–Kier alpha value is -3.01. The van der Waals surface area contributed by atoms with Crippen molar-refractivity contribution in [3.05, 3.63) is 41.5 Å². The first-order chi connectivity index (χ1) is 17.1. The predicted molar refractivity (Wildman–Crippen MR) is 130 cm³/mol. The molecule has 0 aliphatic carbocycles. The third-order valence-electron chi connectivity index (χ3n) is 7.38.